The minimum absolute atomic E-state index is 0.227. The van der Waals surface area contributed by atoms with Crippen LogP contribution in [0.4, 0.5) is 0 Å². The molecule has 1 aromatic rings. The molecule has 4 nitrogen and oxygen atoms in total. The van der Waals surface area contributed by atoms with Gasteiger partial charge in [0.15, 0.2) is 0 Å². The number of rotatable bonds is 0. The van der Waals surface area contributed by atoms with Crippen molar-refractivity contribution < 1.29 is 9.59 Å². The molecule has 0 saturated carbocycles. The summed E-state index contributed by atoms with van der Waals surface area (Å²) in [4.78, 5) is 22.1. The van der Waals surface area contributed by atoms with Gasteiger partial charge in [0.25, 0.3) is 5.91 Å². The number of amides is 2. The zero-order chi connectivity index (χ0) is 8.72. The topological polar surface area (TPSA) is 51.1 Å². The van der Waals surface area contributed by atoms with Crippen molar-refractivity contribution in [2.75, 3.05) is 0 Å². The van der Waals surface area contributed by atoms with E-state index in [4.69, 9.17) is 0 Å². The second kappa shape index (κ2) is 2.20. The fraction of sp³-hybridized carbons (Fsp3) is 0.250. The van der Waals surface area contributed by atoms with Crippen LogP contribution in [0.5, 0.6) is 0 Å². The maximum atomic E-state index is 11.2. The molecule has 1 aliphatic heterocycles. The van der Waals surface area contributed by atoms with E-state index in [-0.39, 0.29) is 11.8 Å². The van der Waals surface area contributed by atoms with Gasteiger partial charge in [0.05, 0.1) is 12.0 Å². The molecule has 0 saturated heterocycles. The number of fused-ring (bicyclic) bond motifs is 1. The molecule has 1 aromatic heterocycles. The molecule has 12 heavy (non-hydrogen) atoms. The predicted octanol–water partition coefficient (Wildman–Crippen LogP) is -0.162. The van der Waals surface area contributed by atoms with E-state index in [0.717, 1.165) is 5.69 Å². The van der Waals surface area contributed by atoms with Gasteiger partial charge in [-0.2, -0.15) is 0 Å². The SMILES string of the molecule is Cn1ccc2c1CC(=O)NC2=O. The lowest BCUT2D eigenvalue weighted by molar-refractivity contribution is -0.119. The molecule has 1 aliphatic rings. The van der Waals surface area contributed by atoms with Crippen molar-refractivity contribution in [2.45, 2.75) is 6.42 Å². The highest BCUT2D eigenvalue weighted by molar-refractivity contribution is 6.09. The summed E-state index contributed by atoms with van der Waals surface area (Å²) in [5.41, 5.74) is 1.40. The number of carbonyl (C=O) groups is 2. The van der Waals surface area contributed by atoms with Gasteiger partial charge in [0.2, 0.25) is 5.91 Å². The number of hydrogen-bond acceptors (Lipinski definition) is 2. The Morgan fingerprint density at radius 2 is 2.25 bits per heavy atom. The van der Waals surface area contributed by atoms with Gasteiger partial charge in [-0.05, 0) is 6.07 Å². The number of aryl methyl sites for hydroxylation is 1. The van der Waals surface area contributed by atoms with Gasteiger partial charge < -0.3 is 4.57 Å². The second-order valence-electron chi connectivity index (χ2n) is 2.84. The molecule has 2 amide bonds. The summed E-state index contributed by atoms with van der Waals surface area (Å²) in [5.74, 6) is -0.517. The predicted molar refractivity (Wildman–Crippen MR) is 41.6 cm³/mol. The smallest absolute Gasteiger partial charge is 0.259 e. The Bertz CT molecular complexity index is 365. The molecule has 62 valence electrons. The van der Waals surface area contributed by atoms with E-state index in [1.165, 1.54) is 0 Å². The lowest BCUT2D eigenvalue weighted by Crippen LogP contribution is -2.37. The number of hydrogen-bond donors (Lipinski definition) is 1. The zero-order valence-electron chi connectivity index (χ0n) is 6.63. The first kappa shape index (κ1) is 7.09. The van der Waals surface area contributed by atoms with Crippen molar-refractivity contribution >= 4 is 11.8 Å². The molecule has 0 radical (unpaired) electrons. The van der Waals surface area contributed by atoms with Gasteiger partial charge >= 0.3 is 0 Å². The van der Waals surface area contributed by atoms with Gasteiger partial charge in [-0.25, -0.2) is 0 Å². The Balaban J connectivity index is 2.57. The first-order valence-electron chi connectivity index (χ1n) is 3.67. The Labute approximate surface area is 69.2 Å². The third-order valence-corrected chi connectivity index (χ3v) is 2.03. The number of aromatic nitrogens is 1. The lowest BCUT2D eigenvalue weighted by atomic mass is 10.1. The van der Waals surface area contributed by atoms with Crippen LogP contribution in [0.15, 0.2) is 12.3 Å². The summed E-state index contributed by atoms with van der Waals surface area (Å²) in [5, 5.41) is 2.26. The van der Waals surface area contributed by atoms with Crippen LogP contribution in [0.1, 0.15) is 16.1 Å². The van der Waals surface area contributed by atoms with Crippen LogP contribution in [0.25, 0.3) is 0 Å². The molecule has 4 heteroatoms. The van der Waals surface area contributed by atoms with Gasteiger partial charge in [0, 0.05) is 18.9 Å². The zero-order valence-corrected chi connectivity index (χ0v) is 6.63. The van der Waals surface area contributed by atoms with Crippen LogP contribution in [0.3, 0.4) is 0 Å². The van der Waals surface area contributed by atoms with Crippen molar-refractivity contribution in [3.63, 3.8) is 0 Å². The normalized spacial score (nSPS) is 15.8. The molecular formula is C8H8N2O2. The first-order chi connectivity index (χ1) is 5.68. The number of nitrogens with one attached hydrogen (secondary N) is 1. The summed E-state index contributed by atoms with van der Waals surface area (Å²) >= 11 is 0. The minimum Gasteiger partial charge on any atom is -0.353 e. The average molecular weight is 164 g/mol. The van der Waals surface area contributed by atoms with Gasteiger partial charge in [0.1, 0.15) is 0 Å². The first-order valence-corrected chi connectivity index (χ1v) is 3.67. The van der Waals surface area contributed by atoms with Crippen LogP contribution in [0.2, 0.25) is 0 Å². The van der Waals surface area contributed by atoms with Gasteiger partial charge in [-0.15, -0.1) is 0 Å². The third kappa shape index (κ3) is 0.845. The maximum absolute atomic E-state index is 11.2. The lowest BCUT2D eigenvalue weighted by Gasteiger charge is -2.12. The van der Waals surface area contributed by atoms with E-state index < -0.39 is 0 Å². The quantitative estimate of drug-likeness (QED) is 0.541. The van der Waals surface area contributed by atoms with E-state index in [9.17, 15) is 9.59 Å². The largest absolute Gasteiger partial charge is 0.353 e. The van der Waals surface area contributed by atoms with Crippen molar-refractivity contribution in [1.82, 2.24) is 9.88 Å². The van der Waals surface area contributed by atoms with E-state index in [1.807, 2.05) is 7.05 Å². The molecule has 0 bridgehead atoms. The molecule has 1 N–H and O–H groups in total. The van der Waals surface area contributed by atoms with Gasteiger partial charge in [-0.1, -0.05) is 0 Å². The van der Waals surface area contributed by atoms with Crippen LogP contribution < -0.4 is 5.32 Å². The molecule has 2 heterocycles. The Hall–Kier alpha value is -1.58. The summed E-state index contributed by atoms with van der Waals surface area (Å²) in [7, 11) is 1.82. The Kier molecular flexibility index (Phi) is 1.30. The number of imide groups is 1. The van der Waals surface area contributed by atoms with Crippen LogP contribution in [-0.2, 0) is 18.3 Å². The molecule has 0 aliphatic carbocycles. The number of carbonyl (C=O) groups excluding carboxylic acids is 2. The highest BCUT2D eigenvalue weighted by Crippen LogP contribution is 2.14. The van der Waals surface area contributed by atoms with E-state index in [1.54, 1.807) is 16.8 Å². The fourth-order valence-electron chi connectivity index (χ4n) is 1.38. The van der Waals surface area contributed by atoms with Crippen LogP contribution >= 0.6 is 0 Å². The summed E-state index contributed by atoms with van der Waals surface area (Å²) < 4.78 is 1.80. The summed E-state index contributed by atoms with van der Waals surface area (Å²) in [6.07, 6.45) is 2.08. The van der Waals surface area contributed by atoms with Gasteiger partial charge in [-0.3, -0.25) is 14.9 Å². The standard InChI is InChI=1S/C8H8N2O2/c1-10-3-2-5-6(10)4-7(11)9-8(5)12/h2-3H,4H2,1H3,(H,9,11,12). The van der Waals surface area contributed by atoms with Crippen molar-refractivity contribution in [3.8, 4) is 0 Å². The molecular weight excluding hydrogens is 156 g/mol. The van der Waals surface area contributed by atoms with Crippen molar-refractivity contribution in [1.29, 1.82) is 0 Å². The van der Waals surface area contributed by atoms with Crippen LogP contribution in [0, 0.1) is 0 Å². The highest BCUT2D eigenvalue weighted by Gasteiger charge is 2.23. The average Bonchev–Trinajstić information content (AvgIpc) is 2.33. The molecule has 0 aromatic carbocycles. The third-order valence-electron chi connectivity index (χ3n) is 2.03. The molecule has 0 spiro atoms. The monoisotopic (exact) mass is 164 g/mol. The fourth-order valence-corrected chi connectivity index (χ4v) is 1.38. The summed E-state index contributed by atoms with van der Waals surface area (Å²) in [6, 6.07) is 1.72. The van der Waals surface area contributed by atoms with E-state index in [0.29, 0.717) is 12.0 Å². The van der Waals surface area contributed by atoms with E-state index in [2.05, 4.69) is 5.32 Å². The Morgan fingerprint density at radius 3 is 3.00 bits per heavy atom. The van der Waals surface area contributed by atoms with Crippen molar-refractivity contribution in [3.05, 3.63) is 23.5 Å². The van der Waals surface area contributed by atoms with Crippen molar-refractivity contribution in [2.24, 2.45) is 7.05 Å². The molecule has 0 fully saturated rings. The summed E-state index contributed by atoms with van der Waals surface area (Å²) in [6.45, 7) is 0. The maximum Gasteiger partial charge on any atom is 0.259 e. The molecule has 0 unspecified atom stereocenters. The van der Waals surface area contributed by atoms with E-state index >= 15 is 0 Å². The molecule has 0 atom stereocenters. The minimum atomic E-state index is -0.290. The number of nitrogens with zero attached hydrogens (tertiary/aromatic N) is 1. The highest BCUT2D eigenvalue weighted by atomic mass is 16.2. The van der Waals surface area contributed by atoms with Crippen LogP contribution in [-0.4, -0.2) is 16.4 Å². The second-order valence-corrected chi connectivity index (χ2v) is 2.84. The Morgan fingerprint density at radius 1 is 1.50 bits per heavy atom. The molecule has 2 rings (SSSR count).